The van der Waals surface area contributed by atoms with Crippen molar-refractivity contribution in [3.8, 4) is 0 Å². The molecule has 1 atom stereocenters. The van der Waals surface area contributed by atoms with Gasteiger partial charge in [-0.05, 0) is 30.5 Å². The van der Waals surface area contributed by atoms with Crippen molar-refractivity contribution >= 4 is 28.9 Å². The molecule has 1 saturated carbocycles. The summed E-state index contributed by atoms with van der Waals surface area (Å²) >= 11 is 6.43. The van der Waals surface area contributed by atoms with E-state index in [9.17, 15) is 5.11 Å². The first-order valence-corrected chi connectivity index (χ1v) is 8.09. The van der Waals surface area contributed by atoms with E-state index in [2.05, 4.69) is 20.6 Å². The Morgan fingerprint density at radius 3 is 2.78 bits per heavy atom. The Morgan fingerprint density at radius 1 is 1.26 bits per heavy atom. The standard InChI is InChI=1S/C16H18ClN5O/c17-11-6-9(21-13-7-12(18)19-8-20-13)5-10-14(11)15(23)22-16(10)3-1-2-4-16/h5-8,15,22-23H,1-4H2,(H3,18,19,20,21). The average molecular weight is 332 g/mol. The van der Waals surface area contributed by atoms with Crippen molar-refractivity contribution in [1.29, 1.82) is 0 Å². The number of nitrogens with one attached hydrogen (secondary N) is 2. The Balaban J connectivity index is 1.75. The molecule has 2 heterocycles. The number of nitrogens with zero attached hydrogens (tertiary/aromatic N) is 2. The molecular formula is C16H18ClN5O. The first kappa shape index (κ1) is 14.7. The van der Waals surface area contributed by atoms with Crippen molar-refractivity contribution < 1.29 is 5.11 Å². The van der Waals surface area contributed by atoms with Crippen LogP contribution in [-0.4, -0.2) is 15.1 Å². The molecular weight excluding hydrogens is 314 g/mol. The van der Waals surface area contributed by atoms with Crippen LogP contribution in [0, 0.1) is 0 Å². The van der Waals surface area contributed by atoms with Crippen LogP contribution >= 0.6 is 11.6 Å². The molecule has 0 bridgehead atoms. The van der Waals surface area contributed by atoms with Gasteiger partial charge < -0.3 is 16.2 Å². The van der Waals surface area contributed by atoms with E-state index in [1.807, 2.05) is 6.07 Å². The maximum atomic E-state index is 10.4. The van der Waals surface area contributed by atoms with Crippen LogP contribution in [0.25, 0.3) is 0 Å². The fraction of sp³-hybridized carbons (Fsp3) is 0.375. The second-order valence-corrected chi connectivity index (χ2v) is 6.62. The third kappa shape index (κ3) is 2.43. The lowest BCUT2D eigenvalue weighted by Gasteiger charge is -2.25. The highest BCUT2D eigenvalue weighted by Crippen LogP contribution is 2.50. The summed E-state index contributed by atoms with van der Waals surface area (Å²) in [6.45, 7) is 0. The van der Waals surface area contributed by atoms with E-state index in [1.165, 1.54) is 6.33 Å². The number of aromatic nitrogens is 2. The SMILES string of the molecule is Nc1cc(Nc2cc(Cl)c3c(c2)C2(CCCC2)NC3O)ncn1. The van der Waals surface area contributed by atoms with Crippen LogP contribution in [0.4, 0.5) is 17.3 Å². The summed E-state index contributed by atoms with van der Waals surface area (Å²) in [5, 5.41) is 17.4. The van der Waals surface area contributed by atoms with Gasteiger partial charge in [-0.1, -0.05) is 24.4 Å². The molecule has 1 fully saturated rings. The van der Waals surface area contributed by atoms with E-state index in [1.54, 1.807) is 12.1 Å². The predicted molar refractivity (Wildman–Crippen MR) is 89.4 cm³/mol. The van der Waals surface area contributed by atoms with Crippen molar-refractivity contribution in [1.82, 2.24) is 15.3 Å². The normalized spacial score (nSPS) is 21.6. The zero-order valence-electron chi connectivity index (χ0n) is 12.5. The van der Waals surface area contributed by atoms with Gasteiger partial charge in [0, 0.05) is 22.9 Å². The van der Waals surface area contributed by atoms with E-state index < -0.39 is 6.23 Å². The molecule has 1 spiro atoms. The van der Waals surface area contributed by atoms with Crippen LogP contribution in [0.2, 0.25) is 5.02 Å². The number of rotatable bonds is 2. The van der Waals surface area contributed by atoms with E-state index in [0.29, 0.717) is 16.7 Å². The molecule has 0 radical (unpaired) electrons. The summed E-state index contributed by atoms with van der Waals surface area (Å²) < 4.78 is 0. The first-order valence-electron chi connectivity index (χ1n) is 7.72. The van der Waals surface area contributed by atoms with Crippen molar-refractivity contribution in [2.45, 2.75) is 37.5 Å². The van der Waals surface area contributed by atoms with Gasteiger partial charge in [0.25, 0.3) is 0 Å². The molecule has 120 valence electrons. The smallest absolute Gasteiger partial charge is 0.135 e. The van der Waals surface area contributed by atoms with Gasteiger partial charge in [-0.15, -0.1) is 0 Å². The molecule has 0 amide bonds. The zero-order chi connectivity index (χ0) is 16.0. The van der Waals surface area contributed by atoms with E-state index in [4.69, 9.17) is 17.3 Å². The molecule has 1 aromatic carbocycles. The van der Waals surface area contributed by atoms with Gasteiger partial charge in [-0.2, -0.15) is 0 Å². The second kappa shape index (κ2) is 5.33. The van der Waals surface area contributed by atoms with Gasteiger partial charge in [0.2, 0.25) is 0 Å². The summed E-state index contributed by atoms with van der Waals surface area (Å²) in [5.41, 5.74) is 8.22. The Hall–Kier alpha value is -1.89. The number of hydrogen-bond acceptors (Lipinski definition) is 6. The number of fused-ring (bicyclic) bond motifs is 2. The Bertz CT molecular complexity index is 760. The predicted octanol–water partition coefficient (Wildman–Crippen LogP) is 2.82. The highest BCUT2D eigenvalue weighted by atomic mass is 35.5. The fourth-order valence-electron chi connectivity index (χ4n) is 3.76. The fourth-order valence-corrected chi connectivity index (χ4v) is 4.08. The van der Waals surface area contributed by atoms with Gasteiger partial charge in [0.1, 0.15) is 24.2 Å². The quantitative estimate of drug-likeness (QED) is 0.676. The molecule has 2 aliphatic rings. The van der Waals surface area contributed by atoms with E-state index in [-0.39, 0.29) is 5.54 Å². The summed E-state index contributed by atoms with van der Waals surface area (Å²) in [6.07, 6.45) is 5.03. The highest BCUT2D eigenvalue weighted by Gasteiger charge is 2.45. The first-order chi connectivity index (χ1) is 11.1. The minimum Gasteiger partial charge on any atom is -0.384 e. The van der Waals surface area contributed by atoms with Crippen LogP contribution < -0.4 is 16.4 Å². The van der Waals surface area contributed by atoms with E-state index in [0.717, 1.165) is 42.5 Å². The lowest BCUT2D eigenvalue weighted by atomic mass is 9.88. The molecule has 0 saturated heterocycles. The van der Waals surface area contributed by atoms with Crippen LogP contribution in [0.3, 0.4) is 0 Å². The lowest BCUT2D eigenvalue weighted by molar-refractivity contribution is 0.116. The number of nitrogen functional groups attached to an aromatic ring is 1. The highest BCUT2D eigenvalue weighted by molar-refractivity contribution is 6.32. The van der Waals surface area contributed by atoms with Crippen molar-refractivity contribution in [3.63, 3.8) is 0 Å². The maximum Gasteiger partial charge on any atom is 0.135 e. The summed E-state index contributed by atoms with van der Waals surface area (Å²) in [5.74, 6) is 1.01. The topological polar surface area (TPSA) is 96.1 Å². The summed E-state index contributed by atoms with van der Waals surface area (Å²) in [7, 11) is 0. The summed E-state index contributed by atoms with van der Waals surface area (Å²) in [6, 6.07) is 5.52. The number of anilines is 3. The number of halogens is 1. The number of benzene rings is 1. The molecule has 1 aliphatic carbocycles. The van der Waals surface area contributed by atoms with Crippen LogP contribution in [-0.2, 0) is 5.54 Å². The number of hydrogen-bond donors (Lipinski definition) is 4. The molecule has 4 rings (SSSR count). The summed E-state index contributed by atoms with van der Waals surface area (Å²) in [4.78, 5) is 8.03. The second-order valence-electron chi connectivity index (χ2n) is 6.21. The number of nitrogens with two attached hydrogens (primary N) is 1. The minimum absolute atomic E-state index is 0.166. The van der Waals surface area contributed by atoms with Crippen molar-refractivity contribution in [2.24, 2.45) is 0 Å². The lowest BCUT2D eigenvalue weighted by Crippen LogP contribution is -2.35. The van der Waals surface area contributed by atoms with Gasteiger partial charge in [0.05, 0.1) is 5.02 Å². The van der Waals surface area contributed by atoms with Crippen LogP contribution in [0.5, 0.6) is 0 Å². The van der Waals surface area contributed by atoms with Crippen molar-refractivity contribution in [3.05, 3.63) is 40.7 Å². The number of aliphatic hydroxyl groups excluding tert-OH is 1. The van der Waals surface area contributed by atoms with Gasteiger partial charge >= 0.3 is 0 Å². The van der Waals surface area contributed by atoms with Crippen LogP contribution in [0.1, 0.15) is 43.0 Å². The molecule has 23 heavy (non-hydrogen) atoms. The molecule has 5 N–H and O–H groups in total. The molecule has 6 nitrogen and oxygen atoms in total. The Kier molecular flexibility index (Phi) is 3.41. The zero-order valence-corrected chi connectivity index (χ0v) is 13.3. The third-order valence-corrected chi connectivity index (χ3v) is 5.06. The molecule has 1 aromatic heterocycles. The molecule has 1 aliphatic heterocycles. The largest absolute Gasteiger partial charge is 0.384 e. The molecule has 2 aromatic rings. The third-order valence-electron chi connectivity index (χ3n) is 4.75. The van der Waals surface area contributed by atoms with Gasteiger partial charge in [-0.3, -0.25) is 5.32 Å². The monoisotopic (exact) mass is 331 g/mol. The Labute approximate surface area is 139 Å². The minimum atomic E-state index is -0.709. The molecule has 1 unspecified atom stereocenters. The average Bonchev–Trinajstić information content (AvgIpc) is 3.06. The molecule has 7 heteroatoms. The van der Waals surface area contributed by atoms with Gasteiger partial charge in [0.15, 0.2) is 0 Å². The Morgan fingerprint density at radius 2 is 2.04 bits per heavy atom. The van der Waals surface area contributed by atoms with Crippen LogP contribution in [0.15, 0.2) is 24.5 Å². The van der Waals surface area contributed by atoms with Crippen molar-refractivity contribution in [2.75, 3.05) is 11.1 Å². The maximum absolute atomic E-state index is 10.4. The van der Waals surface area contributed by atoms with E-state index >= 15 is 0 Å². The number of aliphatic hydroxyl groups is 1. The van der Waals surface area contributed by atoms with Gasteiger partial charge in [-0.25, -0.2) is 9.97 Å².